The van der Waals surface area contributed by atoms with Crippen LogP contribution in [0.1, 0.15) is 46.1 Å². The van der Waals surface area contributed by atoms with Gasteiger partial charge in [0.1, 0.15) is 6.04 Å². The average molecular weight is 763 g/mol. The molecule has 4 heterocycles. The van der Waals surface area contributed by atoms with Gasteiger partial charge in [0.05, 0.1) is 15.4 Å². The number of para-hydroxylation sites is 1. The monoisotopic (exact) mass is 761 g/mol. The molecule has 6 aromatic rings. The van der Waals surface area contributed by atoms with E-state index in [4.69, 9.17) is 23.2 Å². The third-order valence-corrected chi connectivity index (χ3v) is 12.5. The maximum absolute atomic E-state index is 13.4. The van der Waals surface area contributed by atoms with Crippen LogP contribution < -0.4 is 0 Å². The number of hydrogen-bond donors (Lipinski definition) is 1. The molecule has 10 nitrogen and oxygen atoms in total. The van der Waals surface area contributed by atoms with Crippen LogP contribution in [0.25, 0.3) is 10.9 Å². The van der Waals surface area contributed by atoms with Crippen LogP contribution in [0.4, 0.5) is 0 Å². The van der Waals surface area contributed by atoms with E-state index in [-0.39, 0.29) is 25.4 Å². The van der Waals surface area contributed by atoms with Gasteiger partial charge < -0.3 is 9.67 Å². The number of halogens is 2. The molecule has 7 rings (SSSR count). The van der Waals surface area contributed by atoms with Crippen molar-refractivity contribution in [2.45, 2.75) is 51.6 Å². The number of nitrogens with zero attached hydrogens (tertiary/aromatic N) is 3. The number of pyridine rings is 2. The van der Waals surface area contributed by atoms with Crippen molar-refractivity contribution in [1.29, 1.82) is 0 Å². The Morgan fingerprint density at radius 1 is 0.784 bits per heavy atom. The minimum Gasteiger partial charge on any atom is -0.480 e. The predicted octanol–water partition coefficient (Wildman–Crippen LogP) is 7.46. The second-order valence-electron chi connectivity index (χ2n) is 11.6. The first-order chi connectivity index (χ1) is 24.4. The number of hydrogen-bond acceptors (Lipinski definition) is 8. The van der Waals surface area contributed by atoms with Crippen LogP contribution >= 0.6 is 23.2 Å². The fourth-order valence-corrected chi connectivity index (χ4v) is 9.19. The Bertz CT molecular complexity index is 2480. The van der Waals surface area contributed by atoms with Gasteiger partial charge in [0.2, 0.25) is 19.7 Å². The van der Waals surface area contributed by atoms with E-state index in [1.807, 2.05) is 28.8 Å². The lowest BCUT2D eigenvalue weighted by molar-refractivity contribution is -0.141. The number of carbonyl (C=O) groups excluding carboxylic acids is 1. The molecule has 0 spiro atoms. The van der Waals surface area contributed by atoms with Gasteiger partial charge in [-0.25, -0.2) is 31.6 Å². The van der Waals surface area contributed by atoms with Crippen molar-refractivity contribution in [3.63, 3.8) is 0 Å². The number of carbonyl (C=O) groups is 2. The molecule has 0 radical (unpaired) electrons. The Labute approximate surface area is 304 Å². The van der Waals surface area contributed by atoms with Gasteiger partial charge in [-0.3, -0.25) is 4.79 Å². The molecule has 0 bridgehead atoms. The molecule has 0 saturated carbocycles. The van der Waals surface area contributed by atoms with E-state index in [0.717, 1.165) is 35.0 Å². The number of sulfone groups is 2. The molecule has 3 aromatic heterocycles. The van der Waals surface area contributed by atoms with Crippen LogP contribution in [-0.2, 0) is 37.3 Å². The minimum atomic E-state index is -3.86. The third kappa shape index (κ3) is 7.18. The second kappa shape index (κ2) is 14.8. The van der Waals surface area contributed by atoms with Gasteiger partial charge in [-0.2, -0.15) is 0 Å². The summed E-state index contributed by atoms with van der Waals surface area (Å²) in [7, 11) is -7.66. The molecule has 0 amide bonds. The lowest BCUT2D eigenvalue weighted by Gasteiger charge is -2.24. The van der Waals surface area contributed by atoms with Gasteiger partial charge >= 0.3 is 5.97 Å². The lowest BCUT2D eigenvalue weighted by Crippen LogP contribution is -2.25. The van der Waals surface area contributed by atoms with Crippen LogP contribution in [0.5, 0.6) is 0 Å². The van der Waals surface area contributed by atoms with Crippen LogP contribution in [0.2, 0.25) is 10.0 Å². The third-order valence-electron chi connectivity index (χ3n) is 8.52. The number of benzene rings is 3. The van der Waals surface area contributed by atoms with Gasteiger partial charge in [-0.1, -0.05) is 47.5 Å². The summed E-state index contributed by atoms with van der Waals surface area (Å²) in [5.74, 6) is -0.851. The minimum absolute atomic E-state index is 0.00180. The number of aliphatic carboxylic acids is 1. The predicted molar refractivity (Wildman–Crippen MR) is 192 cm³/mol. The molecule has 14 heteroatoms. The largest absolute Gasteiger partial charge is 0.480 e. The highest BCUT2D eigenvalue weighted by Crippen LogP contribution is 2.38. The molecule has 0 aliphatic carbocycles. The van der Waals surface area contributed by atoms with Crippen molar-refractivity contribution in [2.75, 3.05) is 0 Å². The summed E-state index contributed by atoms with van der Waals surface area (Å²) < 4.78 is 53.2. The number of aromatic nitrogens is 3. The van der Waals surface area contributed by atoms with E-state index in [1.54, 1.807) is 24.3 Å². The zero-order valence-electron chi connectivity index (χ0n) is 26.7. The molecular weight excluding hydrogens is 733 g/mol. The first-order valence-corrected chi connectivity index (χ1v) is 19.3. The van der Waals surface area contributed by atoms with E-state index < -0.39 is 31.7 Å². The molecule has 1 aliphatic rings. The summed E-state index contributed by atoms with van der Waals surface area (Å²) >= 11 is 11.6. The molecule has 1 unspecified atom stereocenters. The molecular formula is C37H29Cl2N3O7S2. The maximum Gasteiger partial charge on any atom is 0.326 e. The van der Waals surface area contributed by atoms with Gasteiger partial charge in [-0.15, -0.1) is 0 Å². The van der Waals surface area contributed by atoms with E-state index in [1.165, 1.54) is 60.9 Å². The standard InChI is InChI=1S/C25H21ClN2O4S.C12H8ClNO3S/c26-17-10-12-18(13-11-17)33(31,32)24-16(5-4-14-27-24)15-20-19-6-1-2-7-21(19)28-22(20)8-3-9-23(28)25(29)30;13-10-3-5-11(6-4-10)18(16,17)12-9(8-15)2-1-7-14-12/h1-2,4-7,10-14,23H,3,8-9,15H2,(H,29,30);1-8H. The fourth-order valence-electron chi connectivity index (χ4n) is 6.19. The summed E-state index contributed by atoms with van der Waals surface area (Å²) in [5.41, 5.74) is 3.38. The van der Waals surface area contributed by atoms with E-state index >= 15 is 0 Å². The highest BCUT2D eigenvalue weighted by molar-refractivity contribution is 7.91. The highest BCUT2D eigenvalue weighted by Gasteiger charge is 2.31. The van der Waals surface area contributed by atoms with E-state index in [0.29, 0.717) is 34.7 Å². The summed E-state index contributed by atoms with van der Waals surface area (Å²) in [4.78, 5) is 31.0. The molecule has 51 heavy (non-hydrogen) atoms. The first-order valence-electron chi connectivity index (χ1n) is 15.6. The molecule has 1 N–H and O–H groups in total. The molecule has 1 aliphatic heterocycles. The summed E-state index contributed by atoms with van der Waals surface area (Å²) in [6.07, 6.45) is 5.69. The highest BCUT2D eigenvalue weighted by atomic mass is 35.5. The van der Waals surface area contributed by atoms with Gasteiger partial charge in [-0.05, 0) is 103 Å². The molecule has 0 fully saturated rings. The van der Waals surface area contributed by atoms with Crippen LogP contribution in [0.15, 0.2) is 129 Å². The summed E-state index contributed by atoms with van der Waals surface area (Å²) in [6, 6.07) is 25.2. The Hall–Kier alpha value is -4.88. The Kier molecular flexibility index (Phi) is 10.4. The van der Waals surface area contributed by atoms with Crippen molar-refractivity contribution in [3.8, 4) is 0 Å². The van der Waals surface area contributed by atoms with Crippen LogP contribution in [0.3, 0.4) is 0 Å². The van der Waals surface area contributed by atoms with E-state index in [9.17, 15) is 31.5 Å². The zero-order chi connectivity index (χ0) is 36.3. The number of fused-ring (bicyclic) bond motifs is 3. The fraction of sp³-hybridized carbons (Fsp3) is 0.135. The number of rotatable bonds is 8. The zero-order valence-corrected chi connectivity index (χ0v) is 29.8. The van der Waals surface area contributed by atoms with Crippen molar-refractivity contribution in [3.05, 3.63) is 142 Å². The van der Waals surface area contributed by atoms with Crippen molar-refractivity contribution < 1.29 is 31.5 Å². The van der Waals surface area contributed by atoms with Crippen molar-refractivity contribution in [2.24, 2.45) is 0 Å². The number of aldehydes is 1. The lowest BCUT2D eigenvalue weighted by atomic mass is 9.97. The van der Waals surface area contributed by atoms with Gasteiger partial charge in [0, 0.05) is 45.5 Å². The van der Waals surface area contributed by atoms with Crippen molar-refractivity contribution in [1.82, 2.24) is 14.5 Å². The normalized spacial score (nSPS) is 14.3. The molecule has 260 valence electrons. The smallest absolute Gasteiger partial charge is 0.326 e. The number of carboxylic acid groups (broad SMARTS) is 1. The Balaban J connectivity index is 0.000000211. The van der Waals surface area contributed by atoms with E-state index in [2.05, 4.69) is 9.97 Å². The Morgan fingerprint density at radius 3 is 1.96 bits per heavy atom. The SMILES string of the molecule is O=C(O)C1CCCc2c(Cc3cccnc3S(=O)(=O)c3ccc(Cl)cc3)c3ccccc3n21.O=Cc1cccnc1S(=O)(=O)c1ccc(Cl)cc1. The molecule has 0 saturated heterocycles. The number of carboxylic acids is 1. The average Bonchev–Trinajstić information content (AvgIpc) is 3.45. The quantitative estimate of drug-likeness (QED) is 0.156. The van der Waals surface area contributed by atoms with Gasteiger partial charge in [0.25, 0.3) is 0 Å². The second-order valence-corrected chi connectivity index (χ2v) is 16.2. The summed E-state index contributed by atoms with van der Waals surface area (Å²) in [6.45, 7) is 0. The Morgan fingerprint density at radius 2 is 1.35 bits per heavy atom. The molecule has 1 atom stereocenters. The van der Waals surface area contributed by atoms with Crippen molar-refractivity contribution >= 4 is 66.0 Å². The van der Waals surface area contributed by atoms with Crippen LogP contribution in [-0.4, -0.2) is 48.7 Å². The summed E-state index contributed by atoms with van der Waals surface area (Å²) in [5, 5.41) is 11.4. The maximum atomic E-state index is 13.4. The van der Waals surface area contributed by atoms with Gasteiger partial charge in [0.15, 0.2) is 16.3 Å². The van der Waals surface area contributed by atoms with Crippen LogP contribution in [0, 0.1) is 0 Å². The molecule has 3 aromatic carbocycles. The first kappa shape index (κ1) is 35.9. The topological polar surface area (TPSA) is 153 Å².